The van der Waals surface area contributed by atoms with Crippen LogP contribution >= 0.6 is 22.9 Å². The number of hydrogen-bond acceptors (Lipinski definition) is 3. The molecule has 1 N–H and O–H groups in total. The minimum atomic E-state index is 0.450. The summed E-state index contributed by atoms with van der Waals surface area (Å²) in [6.07, 6.45) is 0. The third kappa shape index (κ3) is 3.56. The Labute approximate surface area is 123 Å². The highest BCUT2D eigenvalue weighted by Crippen LogP contribution is 2.32. The molecular formula is C15H19ClN2S. The maximum atomic E-state index is 5.93. The summed E-state index contributed by atoms with van der Waals surface area (Å²) >= 11 is 7.70. The summed E-state index contributed by atoms with van der Waals surface area (Å²) in [5.41, 5.74) is 2.34. The van der Waals surface area contributed by atoms with Crippen molar-refractivity contribution in [1.29, 1.82) is 0 Å². The summed E-state index contributed by atoms with van der Waals surface area (Å²) in [4.78, 5) is 6.13. The molecule has 2 nitrogen and oxygen atoms in total. The van der Waals surface area contributed by atoms with E-state index < -0.39 is 0 Å². The van der Waals surface area contributed by atoms with Crippen molar-refractivity contribution >= 4 is 22.9 Å². The van der Waals surface area contributed by atoms with Crippen LogP contribution in [0.25, 0.3) is 10.6 Å². The van der Waals surface area contributed by atoms with Gasteiger partial charge in [0.25, 0.3) is 0 Å². The normalized spacial score (nSPS) is 11.2. The number of rotatable bonds is 5. The average molecular weight is 295 g/mol. The standard InChI is InChI=1S/C15H19ClN2S/c1-4-17-9-13-14(10(2)3)18-15(19-13)11-5-7-12(16)8-6-11/h5-8,10,17H,4,9H2,1-3H3. The van der Waals surface area contributed by atoms with Crippen molar-refractivity contribution in [3.8, 4) is 10.6 Å². The van der Waals surface area contributed by atoms with Crippen LogP contribution in [-0.2, 0) is 6.54 Å². The zero-order valence-corrected chi connectivity index (χ0v) is 13.1. The van der Waals surface area contributed by atoms with Gasteiger partial charge in [-0.1, -0.05) is 44.5 Å². The van der Waals surface area contributed by atoms with E-state index in [1.54, 1.807) is 11.3 Å². The second kappa shape index (κ2) is 6.51. The number of halogens is 1. The molecule has 0 atom stereocenters. The average Bonchev–Trinajstić information content (AvgIpc) is 2.81. The fourth-order valence-corrected chi connectivity index (χ4v) is 3.21. The van der Waals surface area contributed by atoms with Gasteiger partial charge in [-0.15, -0.1) is 11.3 Å². The lowest BCUT2D eigenvalue weighted by atomic mass is 10.1. The fourth-order valence-electron chi connectivity index (χ4n) is 1.90. The minimum Gasteiger partial charge on any atom is -0.312 e. The van der Waals surface area contributed by atoms with Gasteiger partial charge < -0.3 is 5.32 Å². The van der Waals surface area contributed by atoms with Gasteiger partial charge in [0.1, 0.15) is 5.01 Å². The lowest BCUT2D eigenvalue weighted by Gasteiger charge is -2.04. The Balaban J connectivity index is 2.33. The third-order valence-electron chi connectivity index (χ3n) is 2.90. The van der Waals surface area contributed by atoms with Gasteiger partial charge in [0.05, 0.1) is 5.69 Å². The highest BCUT2D eigenvalue weighted by molar-refractivity contribution is 7.15. The number of thiazole rings is 1. The van der Waals surface area contributed by atoms with Crippen LogP contribution in [0, 0.1) is 0 Å². The van der Waals surface area contributed by atoms with Crippen molar-refractivity contribution in [3.63, 3.8) is 0 Å². The Kier molecular flexibility index (Phi) is 4.97. The van der Waals surface area contributed by atoms with E-state index in [-0.39, 0.29) is 0 Å². The van der Waals surface area contributed by atoms with Gasteiger partial charge in [-0.25, -0.2) is 4.98 Å². The van der Waals surface area contributed by atoms with Crippen molar-refractivity contribution in [2.75, 3.05) is 6.54 Å². The largest absolute Gasteiger partial charge is 0.312 e. The molecule has 0 unspecified atom stereocenters. The SMILES string of the molecule is CCNCc1sc(-c2ccc(Cl)cc2)nc1C(C)C. The topological polar surface area (TPSA) is 24.9 Å². The first-order valence-electron chi connectivity index (χ1n) is 6.58. The van der Waals surface area contributed by atoms with Crippen molar-refractivity contribution in [2.24, 2.45) is 0 Å². The molecule has 19 heavy (non-hydrogen) atoms. The van der Waals surface area contributed by atoms with Crippen LogP contribution < -0.4 is 5.32 Å². The summed E-state index contributed by atoms with van der Waals surface area (Å²) in [5, 5.41) is 5.22. The maximum absolute atomic E-state index is 5.93. The molecule has 2 rings (SSSR count). The van der Waals surface area contributed by atoms with E-state index in [4.69, 9.17) is 16.6 Å². The summed E-state index contributed by atoms with van der Waals surface area (Å²) in [6, 6.07) is 7.89. The molecule has 0 spiro atoms. The molecule has 0 fully saturated rings. The molecule has 2 aromatic rings. The zero-order chi connectivity index (χ0) is 13.8. The summed E-state index contributed by atoms with van der Waals surface area (Å²) < 4.78 is 0. The van der Waals surface area contributed by atoms with Crippen LogP contribution in [0.3, 0.4) is 0 Å². The molecule has 0 aliphatic rings. The highest BCUT2D eigenvalue weighted by Gasteiger charge is 2.14. The van der Waals surface area contributed by atoms with Crippen molar-refractivity contribution in [1.82, 2.24) is 10.3 Å². The van der Waals surface area contributed by atoms with Gasteiger partial charge in [0.2, 0.25) is 0 Å². The fraction of sp³-hybridized carbons (Fsp3) is 0.400. The second-order valence-corrected chi connectivity index (χ2v) is 6.29. The van der Waals surface area contributed by atoms with E-state index in [0.717, 1.165) is 28.7 Å². The quantitative estimate of drug-likeness (QED) is 0.865. The number of hydrogen-bond donors (Lipinski definition) is 1. The monoisotopic (exact) mass is 294 g/mol. The molecule has 1 aromatic carbocycles. The lowest BCUT2D eigenvalue weighted by molar-refractivity contribution is 0.714. The van der Waals surface area contributed by atoms with E-state index in [0.29, 0.717) is 5.92 Å². The molecule has 1 aromatic heterocycles. The van der Waals surface area contributed by atoms with Crippen LogP contribution in [0.5, 0.6) is 0 Å². The van der Waals surface area contributed by atoms with Crippen LogP contribution in [0.15, 0.2) is 24.3 Å². The van der Waals surface area contributed by atoms with Gasteiger partial charge >= 0.3 is 0 Å². The molecular weight excluding hydrogens is 276 g/mol. The Bertz CT molecular complexity index is 532. The van der Waals surface area contributed by atoms with Crippen LogP contribution in [0.4, 0.5) is 0 Å². The van der Waals surface area contributed by atoms with Gasteiger partial charge in [-0.05, 0) is 24.6 Å². The number of nitrogens with one attached hydrogen (secondary N) is 1. The van der Waals surface area contributed by atoms with Gasteiger partial charge in [-0.3, -0.25) is 0 Å². The Hall–Kier alpha value is -0.900. The molecule has 0 aliphatic carbocycles. The summed E-state index contributed by atoms with van der Waals surface area (Å²) in [7, 11) is 0. The lowest BCUT2D eigenvalue weighted by Crippen LogP contribution is -2.12. The molecule has 102 valence electrons. The number of benzene rings is 1. The van der Waals surface area contributed by atoms with Crippen LogP contribution in [-0.4, -0.2) is 11.5 Å². The molecule has 0 saturated carbocycles. The van der Waals surface area contributed by atoms with E-state index >= 15 is 0 Å². The Morgan fingerprint density at radius 1 is 1.26 bits per heavy atom. The van der Waals surface area contributed by atoms with Crippen molar-refractivity contribution < 1.29 is 0 Å². The van der Waals surface area contributed by atoms with Crippen LogP contribution in [0.1, 0.15) is 37.3 Å². The first kappa shape index (κ1) is 14.5. The third-order valence-corrected chi connectivity index (χ3v) is 4.27. The van der Waals surface area contributed by atoms with Gasteiger partial charge in [0.15, 0.2) is 0 Å². The second-order valence-electron chi connectivity index (χ2n) is 4.77. The molecule has 0 radical (unpaired) electrons. The maximum Gasteiger partial charge on any atom is 0.123 e. The first-order chi connectivity index (χ1) is 9.11. The summed E-state index contributed by atoms with van der Waals surface area (Å²) in [6.45, 7) is 8.38. The number of aromatic nitrogens is 1. The highest BCUT2D eigenvalue weighted by atomic mass is 35.5. The number of nitrogens with zero attached hydrogens (tertiary/aromatic N) is 1. The van der Waals surface area contributed by atoms with E-state index in [2.05, 4.69) is 26.1 Å². The zero-order valence-electron chi connectivity index (χ0n) is 11.5. The first-order valence-corrected chi connectivity index (χ1v) is 7.77. The van der Waals surface area contributed by atoms with Crippen LogP contribution in [0.2, 0.25) is 5.02 Å². The van der Waals surface area contributed by atoms with Crippen molar-refractivity contribution in [2.45, 2.75) is 33.2 Å². The van der Waals surface area contributed by atoms with Gasteiger partial charge in [0, 0.05) is 22.0 Å². The molecule has 0 bridgehead atoms. The predicted molar refractivity (Wildman–Crippen MR) is 84.0 cm³/mol. The molecule has 4 heteroatoms. The van der Waals surface area contributed by atoms with E-state index in [1.165, 1.54) is 10.6 Å². The van der Waals surface area contributed by atoms with E-state index in [1.807, 2.05) is 24.3 Å². The van der Waals surface area contributed by atoms with E-state index in [9.17, 15) is 0 Å². The molecule has 1 heterocycles. The Morgan fingerprint density at radius 2 is 1.95 bits per heavy atom. The summed E-state index contributed by atoms with van der Waals surface area (Å²) in [5.74, 6) is 0.450. The van der Waals surface area contributed by atoms with Gasteiger partial charge in [-0.2, -0.15) is 0 Å². The predicted octanol–water partition coefficient (Wildman–Crippen LogP) is 4.70. The molecule has 0 saturated heterocycles. The Morgan fingerprint density at radius 3 is 2.53 bits per heavy atom. The minimum absolute atomic E-state index is 0.450. The smallest absolute Gasteiger partial charge is 0.123 e. The molecule has 0 aliphatic heterocycles. The molecule has 0 amide bonds. The van der Waals surface area contributed by atoms with Crippen molar-refractivity contribution in [3.05, 3.63) is 39.9 Å².